The third-order valence-electron chi connectivity index (χ3n) is 7.07. The highest BCUT2D eigenvalue weighted by atomic mass is 19.4. The highest BCUT2D eigenvalue weighted by molar-refractivity contribution is 5.49. The summed E-state index contributed by atoms with van der Waals surface area (Å²) in [5, 5.41) is 12.6. The summed E-state index contributed by atoms with van der Waals surface area (Å²) in [5.41, 5.74) is 4.23. The van der Waals surface area contributed by atoms with E-state index in [2.05, 4.69) is 54.3 Å². The minimum Gasteiger partial charge on any atom is -0.405 e. The highest BCUT2D eigenvalue weighted by Gasteiger charge is 2.37. The predicted molar refractivity (Wildman–Crippen MR) is 147 cm³/mol. The second kappa shape index (κ2) is 12.0. The number of ether oxygens (including phenoxy) is 1. The first-order chi connectivity index (χ1) is 19.3. The number of hydrogen-bond donors (Lipinski definition) is 0. The normalized spacial score (nSPS) is 15.9. The molecule has 1 aliphatic heterocycles. The van der Waals surface area contributed by atoms with E-state index in [1.54, 1.807) is 16.8 Å². The van der Waals surface area contributed by atoms with E-state index < -0.39 is 12.4 Å². The van der Waals surface area contributed by atoms with Crippen molar-refractivity contribution in [3.05, 3.63) is 107 Å². The van der Waals surface area contributed by atoms with E-state index in [0.717, 1.165) is 42.0 Å². The first-order valence-corrected chi connectivity index (χ1v) is 13.2. The molecule has 2 heterocycles. The number of alkyl halides is 3. The van der Waals surface area contributed by atoms with Crippen molar-refractivity contribution < 1.29 is 17.9 Å². The SMILES string of the molecule is Cc1cccc(C)c1-n1nnnc1C(c1ccccc1OC(F)(F)F)N1CCN(C/C=C/c2ccccc2)CC1. The molecule has 0 saturated carbocycles. The lowest BCUT2D eigenvalue weighted by molar-refractivity contribution is -0.275. The zero-order valence-electron chi connectivity index (χ0n) is 22.4. The van der Waals surface area contributed by atoms with E-state index in [-0.39, 0.29) is 5.75 Å². The lowest BCUT2D eigenvalue weighted by atomic mass is 10.0. The van der Waals surface area contributed by atoms with Crippen LogP contribution in [-0.4, -0.2) is 69.1 Å². The molecule has 0 aliphatic carbocycles. The Morgan fingerprint density at radius 3 is 2.25 bits per heavy atom. The molecule has 10 heteroatoms. The summed E-state index contributed by atoms with van der Waals surface area (Å²) in [6.07, 6.45) is -0.599. The molecule has 1 aliphatic rings. The fourth-order valence-electron chi connectivity index (χ4n) is 5.19. The molecule has 1 fully saturated rings. The number of hydrogen-bond acceptors (Lipinski definition) is 6. The van der Waals surface area contributed by atoms with Crippen LogP contribution in [0.25, 0.3) is 11.8 Å². The van der Waals surface area contributed by atoms with Crippen molar-refractivity contribution in [2.75, 3.05) is 32.7 Å². The molecule has 1 aromatic heterocycles. The molecule has 0 amide bonds. The molecule has 3 aromatic carbocycles. The van der Waals surface area contributed by atoms with E-state index in [9.17, 15) is 13.2 Å². The monoisotopic (exact) mass is 548 g/mol. The van der Waals surface area contributed by atoms with E-state index in [1.807, 2.05) is 50.2 Å². The van der Waals surface area contributed by atoms with Crippen molar-refractivity contribution in [3.63, 3.8) is 0 Å². The molecule has 5 rings (SSSR count). The summed E-state index contributed by atoms with van der Waals surface area (Å²) in [6, 6.07) is 21.6. The van der Waals surface area contributed by atoms with Crippen LogP contribution >= 0.6 is 0 Å². The molecule has 0 bridgehead atoms. The fourth-order valence-corrected chi connectivity index (χ4v) is 5.19. The predicted octanol–water partition coefficient (Wildman–Crippen LogP) is 5.60. The van der Waals surface area contributed by atoms with E-state index in [0.29, 0.717) is 24.5 Å². The second-order valence-corrected chi connectivity index (χ2v) is 9.83. The summed E-state index contributed by atoms with van der Waals surface area (Å²) in [4.78, 5) is 4.45. The number of benzene rings is 3. The number of aromatic nitrogens is 4. The Kier molecular flexibility index (Phi) is 8.27. The number of halogens is 3. The Balaban J connectivity index is 1.46. The molecular formula is C30H31F3N6O. The van der Waals surface area contributed by atoms with Crippen LogP contribution in [0.1, 0.15) is 34.1 Å². The van der Waals surface area contributed by atoms with Crippen molar-refractivity contribution in [3.8, 4) is 11.4 Å². The quantitative estimate of drug-likeness (QED) is 0.286. The molecular weight excluding hydrogens is 517 g/mol. The van der Waals surface area contributed by atoms with Crippen LogP contribution in [-0.2, 0) is 0 Å². The third kappa shape index (κ3) is 6.40. The Labute approximate surface area is 231 Å². The number of nitrogens with zero attached hydrogens (tertiary/aromatic N) is 6. The molecule has 208 valence electrons. The van der Waals surface area contributed by atoms with Crippen LogP contribution in [0.3, 0.4) is 0 Å². The van der Waals surface area contributed by atoms with Gasteiger partial charge in [-0.3, -0.25) is 9.80 Å². The molecule has 0 radical (unpaired) electrons. The zero-order chi connectivity index (χ0) is 28.1. The van der Waals surface area contributed by atoms with Gasteiger partial charge >= 0.3 is 6.36 Å². The maximum absolute atomic E-state index is 13.4. The van der Waals surface area contributed by atoms with Gasteiger partial charge in [-0.15, -0.1) is 18.3 Å². The van der Waals surface area contributed by atoms with Gasteiger partial charge in [0.15, 0.2) is 5.82 Å². The van der Waals surface area contributed by atoms with Crippen LogP contribution < -0.4 is 4.74 Å². The standard InChI is InChI=1S/C30H31F3N6O/c1-22-10-8-11-23(2)27(22)39-29(34-35-36-39)28(25-15-6-7-16-26(25)40-30(31,32)33)38-20-18-37(19-21-38)17-9-14-24-12-4-3-5-13-24/h3-16,28H,17-21H2,1-2H3/b14-9+. The van der Waals surface area contributed by atoms with E-state index in [4.69, 9.17) is 0 Å². The summed E-state index contributed by atoms with van der Waals surface area (Å²) in [7, 11) is 0. The number of rotatable bonds is 8. The van der Waals surface area contributed by atoms with Crippen molar-refractivity contribution in [2.24, 2.45) is 0 Å². The number of aryl methyl sites for hydroxylation is 2. The van der Waals surface area contributed by atoms with E-state index >= 15 is 0 Å². The number of piperazine rings is 1. The van der Waals surface area contributed by atoms with Crippen molar-refractivity contribution in [2.45, 2.75) is 26.3 Å². The van der Waals surface area contributed by atoms with Gasteiger partial charge < -0.3 is 4.74 Å². The first kappa shape index (κ1) is 27.5. The lowest BCUT2D eigenvalue weighted by Crippen LogP contribution is -2.48. The van der Waals surface area contributed by atoms with Gasteiger partial charge in [0.05, 0.1) is 5.69 Å². The first-order valence-electron chi connectivity index (χ1n) is 13.2. The Hall–Kier alpha value is -4.02. The molecule has 1 atom stereocenters. The average Bonchev–Trinajstić information content (AvgIpc) is 3.39. The van der Waals surface area contributed by atoms with Crippen molar-refractivity contribution in [1.82, 2.24) is 30.0 Å². The minimum atomic E-state index is -4.83. The number of tetrazole rings is 1. The topological polar surface area (TPSA) is 59.3 Å². The third-order valence-corrected chi connectivity index (χ3v) is 7.07. The summed E-state index contributed by atoms with van der Waals surface area (Å²) in [5.74, 6) is 0.178. The van der Waals surface area contributed by atoms with Gasteiger partial charge in [0.2, 0.25) is 0 Å². The second-order valence-electron chi connectivity index (χ2n) is 9.83. The highest BCUT2D eigenvalue weighted by Crippen LogP contribution is 2.37. The summed E-state index contributed by atoms with van der Waals surface area (Å²) >= 11 is 0. The van der Waals surface area contributed by atoms with Gasteiger partial charge in [-0.25, -0.2) is 0 Å². The molecule has 40 heavy (non-hydrogen) atoms. The van der Waals surface area contributed by atoms with Crippen LogP contribution in [0, 0.1) is 13.8 Å². The largest absolute Gasteiger partial charge is 0.573 e. The van der Waals surface area contributed by atoms with Crippen LogP contribution in [0.5, 0.6) is 5.75 Å². The molecule has 0 N–H and O–H groups in total. The van der Waals surface area contributed by atoms with Gasteiger partial charge in [0.25, 0.3) is 0 Å². The average molecular weight is 549 g/mol. The van der Waals surface area contributed by atoms with Gasteiger partial charge in [0, 0.05) is 38.3 Å². The van der Waals surface area contributed by atoms with Gasteiger partial charge in [0.1, 0.15) is 11.8 Å². The van der Waals surface area contributed by atoms with Crippen molar-refractivity contribution in [1.29, 1.82) is 0 Å². The molecule has 1 saturated heterocycles. The van der Waals surface area contributed by atoms with Crippen LogP contribution in [0.15, 0.2) is 78.9 Å². The maximum atomic E-state index is 13.4. The Morgan fingerprint density at radius 1 is 0.875 bits per heavy atom. The van der Waals surface area contributed by atoms with Crippen LogP contribution in [0.4, 0.5) is 13.2 Å². The zero-order valence-corrected chi connectivity index (χ0v) is 22.4. The van der Waals surface area contributed by atoms with Crippen LogP contribution in [0.2, 0.25) is 0 Å². The van der Waals surface area contributed by atoms with Gasteiger partial charge in [-0.2, -0.15) is 4.68 Å². The van der Waals surface area contributed by atoms with Gasteiger partial charge in [-0.05, 0) is 47.0 Å². The Bertz CT molecular complexity index is 1430. The van der Waals surface area contributed by atoms with Crippen molar-refractivity contribution >= 4 is 6.08 Å². The van der Waals surface area contributed by atoms with E-state index in [1.165, 1.54) is 12.1 Å². The molecule has 1 unspecified atom stereocenters. The summed E-state index contributed by atoms with van der Waals surface area (Å²) in [6.45, 7) is 7.41. The molecule has 7 nitrogen and oxygen atoms in total. The molecule has 0 spiro atoms. The summed E-state index contributed by atoms with van der Waals surface area (Å²) < 4.78 is 46.4. The molecule has 4 aromatic rings. The minimum absolute atomic E-state index is 0.260. The Morgan fingerprint density at radius 2 is 1.55 bits per heavy atom. The van der Waals surface area contributed by atoms with Gasteiger partial charge in [-0.1, -0.05) is 78.9 Å². The lowest BCUT2D eigenvalue weighted by Gasteiger charge is -2.39. The fraction of sp³-hybridized carbons (Fsp3) is 0.300. The smallest absolute Gasteiger partial charge is 0.405 e. The number of para-hydroxylation sites is 2. The maximum Gasteiger partial charge on any atom is 0.573 e.